The first-order valence-corrected chi connectivity index (χ1v) is 18.0. The number of carbonyl (C=O) groups excluding carboxylic acids is 2. The van der Waals surface area contributed by atoms with Crippen molar-refractivity contribution in [3.8, 4) is 16.9 Å². The number of aromatic carboxylic acids is 1. The number of carbonyl (C=O) groups is 3. The van der Waals surface area contributed by atoms with E-state index in [0.29, 0.717) is 62.2 Å². The smallest absolute Gasteiger partial charge is 0.353 e. The van der Waals surface area contributed by atoms with Crippen LogP contribution in [0, 0.1) is 0 Å². The van der Waals surface area contributed by atoms with Gasteiger partial charge in [0.25, 0.3) is 5.91 Å². The number of hydrogen-bond donors (Lipinski definition) is 4. The summed E-state index contributed by atoms with van der Waals surface area (Å²) >= 11 is 0. The Balaban J connectivity index is 1.63. The first kappa shape index (κ1) is 36.1. The standard InChI is InChI=1S/C34H46N6O8S/c1-34(2,3)23-16-22(31(35)42)30(48-6)27(36-49(7,46)47)26(23)25-21-10-8-9-19(28(21)38(5)29(25)33(44)45)17-39-11-13-40(14-12-39)32(43)24-15-20(41)18-37(24)4/h8-10,16,20,24,36,41H,11-15,17-18H2,1-7H3,(H2,35,42)(H,44,45)/t20-,24+/m1/s1. The van der Waals surface area contributed by atoms with Gasteiger partial charge in [0.1, 0.15) is 5.69 Å². The molecule has 49 heavy (non-hydrogen) atoms. The Hall–Kier alpha value is -4.18. The number of aromatic nitrogens is 1. The van der Waals surface area contributed by atoms with Gasteiger partial charge in [0.05, 0.1) is 42.3 Å². The van der Waals surface area contributed by atoms with Crippen molar-refractivity contribution in [2.24, 2.45) is 12.8 Å². The Morgan fingerprint density at radius 3 is 2.24 bits per heavy atom. The van der Waals surface area contributed by atoms with Crippen LogP contribution in [-0.4, -0.2) is 121 Å². The van der Waals surface area contributed by atoms with Crippen molar-refractivity contribution in [3.05, 3.63) is 46.6 Å². The third-order valence-electron chi connectivity index (χ3n) is 9.48. The maximum Gasteiger partial charge on any atom is 0.353 e. The number of amides is 2. The lowest BCUT2D eigenvalue weighted by Gasteiger charge is -2.37. The summed E-state index contributed by atoms with van der Waals surface area (Å²) in [6.07, 6.45) is 0.882. The van der Waals surface area contributed by atoms with Crippen LogP contribution in [-0.2, 0) is 33.8 Å². The highest BCUT2D eigenvalue weighted by Gasteiger charge is 2.38. The fraction of sp³-hybridized carbons (Fsp3) is 0.500. The van der Waals surface area contributed by atoms with E-state index in [1.807, 2.05) is 49.8 Å². The Labute approximate surface area is 286 Å². The van der Waals surface area contributed by atoms with Gasteiger partial charge in [0.15, 0.2) is 5.75 Å². The van der Waals surface area contributed by atoms with Gasteiger partial charge in [0.2, 0.25) is 15.9 Å². The fourth-order valence-electron chi connectivity index (χ4n) is 7.26. The lowest BCUT2D eigenvalue weighted by Crippen LogP contribution is -2.52. The summed E-state index contributed by atoms with van der Waals surface area (Å²) in [5, 5.41) is 21.3. The summed E-state index contributed by atoms with van der Waals surface area (Å²) in [7, 11) is 0.843. The van der Waals surface area contributed by atoms with Gasteiger partial charge >= 0.3 is 5.97 Å². The van der Waals surface area contributed by atoms with E-state index in [2.05, 4.69) is 9.62 Å². The number of aliphatic hydroxyl groups is 1. The summed E-state index contributed by atoms with van der Waals surface area (Å²) in [4.78, 5) is 44.9. The van der Waals surface area contributed by atoms with Crippen molar-refractivity contribution >= 4 is 44.4 Å². The number of ether oxygens (including phenoxy) is 1. The van der Waals surface area contributed by atoms with E-state index in [9.17, 15) is 33.0 Å². The van der Waals surface area contributed by atoms with E-state index < -0.39 is 33.4 Å². The number of aliphatic hydroxyl groups excluding tert-OH is 1. The molecule has 0 spiro atoms. The van der Waals surface area contributed by atoms with Gasteiger partial charge in [-0.15, -0.1) is 0 Å². The van der Waals surface area contributed by atoms with E-state index in [-0.39, 0.29) is 45.8 Å². The number of anilines is 1. The summed E-state index contributed by atoms with van der Waals surface area (Å²) in [6, 6.07) is 6.78. The minimum atomic E-state index is -3.96. The van der Waals surface area contributed by atoms with Crippen LogP contribution < -0.4 is 15.2 Å². The molecular weight excluding hydrogens is 652 g/mol. The lowest BCUT2D eigenvalue weighted by atomic mass is 9.79. The quantitative estimate of drug-likeness (QED) is 0.258. The molecule has 5 rings (SSSR count). The summed E-state index contributed by atoms with van der Waals surface area (Å²) < 4.78 is 35.3. The van der Waals surface area contributed by atoms with Gasteiger partial charge in [-0.05, 0) is 36.1 Å². The minimum Gasteiger partial charge on any atom is -0.494 e. The lowest BCUT2D eigenvalue weighted by molar-refractivity contribution is -0.137. The van der Waals surface area contributed by atoms with Gasteiger partial charge in [-0.3, -0.25) is 24.1 Å². The van der Waals surface area contributed by atoms with E-state index in [0.717, 1.165) is 11.8 Å². The molecule has 5 N–H and O–H groups in total. The van der Waals surface area contributed by atoms with Gasteiger partial charge in [-0.25, -0.2) is 13.2 Å². The van der Waals surface area contributed by atoms with Crippen molar-refractivity contribution < 1.29 is 37.8 Å². The van der Waals surface area contributed by atoms with Gasteiger partial charge in [-0.2, -0.15) is 0 Å². The van der Waals surface area contributed by atoms with Crippen molar-refractivity contribution in [1.29, 1.82) is 0 Å². The third kappa shape index (κ3) is 6.98. The molecule has 2 aliphatic heterocycles. The Morgan fingerprint density at radius 1 is 1.08 bits per heavy atom. The van der Waals surface area contributed by atoms with Crippen molar-refractivity contribution in [1.82, 2.24) is 19.3 Å². The number of carboxylic acids is 1. The van der Waals surface area contributed by atoms with Crippen molar-refractivity contribution in [2.75, 3.05) is 57.9 Å². The molecule has 2 atom stereocenters. The number of nitrogens with two attached hydrogens (primary N) is 1. The van der Waals surface area contributed by atoms with Crippen LogP contribution in [0.15, 0.2) is 24.3 Å². The molecule has 14 nitrogen and oxygen atoms in total. The first-order valence-electron chi connectivity index (χ1n) is 16.1. The summed E-state index contributed by atoms with van der Waals surface area (Å²) in [6.45, 7) is 8.83. The number of piperazine rings is 1. The van der Waals surface area contributed by atoms with E-state index in [1.54, 1.807) is 23.7 Å². The van der Waals surface area contributed by atoms with Crippen LogP contribution in [0.5, 0.6) is 5.75 Å². The number of nitrogens with zero attached hydrogens (tertiary/aromatic N) is 4. The number of fused-ring (bicyclic) bond motifs is 1. The second-order valence-corrected chi connectivity index (χ2v) is 15.8. The number of sulfonamides is 1. The number of likely N-dealkylation sites (N-methyl/N-ethyl adjacent to an activating group) is 1. The van der Waals surface area contributed by atoms with Crippen LogP contribution in [0.3, 0.4) is 0 Å². The molecule has 2 fully saturated rings. The zero-order chi connectivity index (χ0) is 36.2. The van der Waals surface area contributed by atoms with E-state index in [1.165, 1.54) is 7.11 Å². The zero-order valence-corrected chi connectivity index (χ0v) is 29.8. The molecule has 0 bridgehead atoms. The number of aryl methyl sites for hydroxylation is 1. The Morgan fingerprint density at radius 2 is 1.73 bits per heavy atom. The number of likely N-dealkylation sites (tertiary alicyclic amines) is 1. The normalized spacial score (nSPS) is 19.4. The Bertz CT molecular complexity index is 1920. The molecule has 3 heterocycles. The van der Waals surface area contributed by atoms with Gasteiger partial charge in [0, 0.05) is 62.8 Å². The largest absolute Gasteiger partial charge is 0.494 e. The maximum absolute atomic E-state index is 13.2. The molecule has 0 aliphatic carbocycles. The van der Waals surface area contributed by atoms with E-state index in [4.69, 9.17) is 10.5 Å². The maximum atomic E-state index is 13.2. The highest BCUT2D eigenvalue weighted by atomic mass is 32.2. The number of rotatable bonds is 9. The van der Waals surface area contributed by atoms with Gasteiger partial charge in [-0.1, -0.05) is 39.0 Å². The SMILES string of the molecule is COc1c(C(N)=O)cc(C(C)(C)C)c(-c2c(C(=O)O)n(C)c3c(CN4CCN(C(=O)[C@@H]5C[C@@H](O)CN5C)CC4)cccc23)c1NS(C)(=O)=O. The number of methoxy groups -OCH3 is 1. The number of β-amino-alcohol motifs (C(OH)–C–C–N with tert-alkyl or cyclic N) is 1. The highest BCUT2D eigenvalue weighted by Crippen LogP contribution is 2.49. The molecule has 1 aromatic heterocycles. The molecular formula is C34H46N6O8S. The Kier molecular flexibility index (Phi) is 9.78. The van der Waals surface area contributed by atoms with E-state index >= 15 is 0 Å². The molecule has 0 radical (unpaired) electrons. The zero-order valence-electron chi connectivity index (χ0n) is 29.0. The molecule has 2 amide bonds. The van der Waals surface area contributed by atoms with Gasteiger partial charge < -0.3 is 30.2 Å². The number of nitrogens with one attached hydrogen (secondary N) is 1. The van der Waals surface area contributed by atoms with Crippen LogP contribution in [0.1, 0.15) is 59.2 Å². The monoisotopic (exact) mass is 698 g/mol. The topological polar surface area (TPSA) is 188 Å². The van der Waals surface area contributed by atoms with Crippen LogP contribution >= 0.6 is 0 Å². The predicted molar refractivity (Wildman–Crippen MR) is 186 cm³/mol. The molecule has 266 valence electrons. The van der Waals surface area contributed by atoms with Crippen LogP contribution in [0.25, 0.3) is 22.0 Å². The van der Waals surface area contributed by atoms with Crippen molar-refractivity contribution in [2.45, 2.75) is 51.3 Å². The fourth-order valence-corrected chi connectivity index (χ4v) is 7.83. The number of primary amides is 1. The molecule has 15 heteroatoms. The molecule has 3 aromatic rings. The summed E-state index contributed by atoms with van der Waals surface area (Å²) in [5.41, 5.74) is 7.38. The number of benzene rings is 2. The first-order chi connectivity index (χ1) is 22.8. The molecule has 2 saturated heterocycles. The van der Waals surface area contributed by atoms with Crippen molar-refractivity contribution in [3.63, 3.8) is 0 Å². The number of para-hydroxylation sites is 1. The third-order valence-corrected chi connectivity index (χ3v) is 10.1. The second kappa shape index (κ2) is 13.3. The summed E-state index contributed by atoms with van der Waals surface area (Å²) in [5.74, 6) is -2.16. The highest BCUT2D eigenvalue weighted by molar-refractivity contribution is 7.92. The molecule has 0 unspecified atom stereocenters. The minimum absolute atomic E-state index is 0.0184. The molecule has 2 aromatic carbocycles. The average Bonchev–Trinajstić information content (AvgIpc) is 3.50. The predicted octanol–water partition coefficient (Wildman–Crippen LogP) is 2.03. The second-order valence-electron chi connectivity index (χ2n) is 14.1. The number of carboxylic acid groups (broad SMARTS) is 1. The average molecular weight is 699 g/mol. The van der Waals surface area contributed by atoms with Crippen LogP contribution in [0.2, 0.25) is 0 Å². The molecule has 2 aliphatic rings. The number of hydrogen-bond acceptors (Lipinski definition) is 9. The molecule has 0 saturated carbocycles. The van der Waals surface area contributed by atoms with Crippen LogP contribution in [0.4, 0.5) is 5.69 Å².